The molecule has 0 aliphatic heterocycles. The summed E-state index contributed by atoms with van der Waals surface area (Å²) in [7, 11) is -2.50. The second-order valence-electron chi connectivity index (χ2n) is 9.54. The van der Waals surface area contributed by atoms with Crippen LogP contribution in [0.15, 0.2) is 139 Å². The summed E-state index contributed by atoms with van der Waals surface area (Å²) in [5.74, 6) is 1.26. The monoisotopic (exact) mass is 682 g/mol. The van der Waals surface area contributed by atoms with Gasteiger partial charge in [-0.05, 0) is 47.4 Å². The van der Waals surface area contributed by atoms with Crippen molar-refractivity contribution < 1.29 is 22.8 Å². The third kappa shape index (κ3) is 11.9. The van der Waals surface area contributed by atoms with Gasteiger partial charge in [-0.2, -0.15) is 0 Å². The number of benzene rings is 5. The Kier molecular flexibility index (Phi) is 14.6. The van der Waals surface area contributed by atoms with Gasteiger partial charge in [0.05, 0.1) is 14.2 Å². The van der Waals surface area contributed by atoms with Gasteiger partial charge in [0.15, 0.2) is 9.95 Å². The molecule has 48 heavy (non-hydrogen) atoms. The van der Waals surface area contributed by atoms with Crippen LogP contribution in [0.5, 0.6) is 11.5 Å². The lowest BCUT2D eigenvalue weighted by atomic mass is 10.2. The Bertz CT molecular complexity index is 1880. The molecule has 0 aliphatic rings. The highest BCUT2D eigenvalue weighted by Crippen LogP contribution is 2.32. The molecule has 1 atom stereocenters. The van der Waals surface area contributed by atoms with Crippen molar-refractivity contribution in [3.63, 3.8) is 0 Å². The number of anilines is 4. The van der Waals surface area contributed by atoms with Gasteiger partial charge in [-0.15, -0.1) is 18.5 Å². The third-order valence-electron chi connectivity index (χ3n) is 6.30. The lowest BCUT2D eigenvalue weighted by Gasteiger charge is -2.25. The minimum Gasteiger partial charge on any atom is -0.784 e. The molecule has 1 unspecified atom stereocenters. The van der Waals surface area contributed by atoms with Crippen LogP contribution in [0.4, 0.5) is 34.1 Å². The number of nitrogens with one attached hydrogen (secondary N) is 2. The predicted molar refractivity (Wildman–Crippen MR) is 192 cm³/mol. The number of hydrogen-bond acceptors (Lipinski definition) is 9. The molecule has 0 spiro atoms. The van der Waals surface area contributed by atoms with E-state index in [0.29, 0.717) is 22.9 Å². The highest BCUT2D eigenvalue weighted by molar-refractivity contribution is 8.43. The zero-order chi connectivity index (χ0) is 34.8. The molecule has 13 heteroatoms. The van der Waals surface area contributed by atoms with E-state index in [2.05, 4.69) is 27.2 Å². The largest absolute Gasteiger partial charge is 0.784 e. The first-order chi connectivity index (χ1) is 23.2. The Morgan fingerprint density at radius 1 is 0.688 bits per heavy atom. The molecule has 0 saturated carbocycles. The van der Waals surface area contributed by atoms with Gasteiger partial charge in [0.1, 0.15) is 0 Å². The molecule has 0 radical (unpaired) electrons. The van der Waals surface area contributed by atoms with Crippen LogP contribution in [-0.2, 0) is 24.3 Å². The number of ether oxygens (including phenoxy) is 2. The topological polar surface area (TPSA) is 162 Å². The number of para-hydroxylation sites is 2. The van der Waals surface area contributed by atoms with Crippen LogP contribution in [0.25, 0.3) is 9.95 Å². The van der Waals surface area contributed by atoms with E-state index in [4.69, 9.17) is 20.3 Å². The molecule has 0 fully saturated rings. The maximum Gasteiger partial charge on any atom is 0.426 e. The van der Waals surface area contributed by atoms with E-state index >= 15 is 0 Å². The van der Waals surface area contributed by atoms with E-state index in [-0.39, 0.29) is 5.75 Å². The third-order valence-corrected chi connectivity index (χ3v) is 10.1. The summed E-state index contributed by atoms with van der Waals surface area (Å²) in [6.45, 7) is 3.36. The summed E-state index contributed by atoms with van der Waals surface area (Å²) in [5, 5.41) is 25.2. The minimum atomic E-state index is -4.25. The smallest absolute Gasteiger partial charge is 0.426 e. The molecule has 0 saturated heterocycles. The van der Waals surface area contributed by atoms with Gasteiger partial charge in [0, 0.05) is 52.8 Å². The molecule has 246 valence electrons. The van der Waals surface area contributed by atoms with Crippen molar-refractivity contribution in [2.45, 2.75) is 5.75 Å². The van der Waals surface area contributed by atoms with E-state index in [1.807, 2.05) is 78.9 Å². The molecular weight excluding hydrogens is 649 g/mol. The fourth-order valence-corrected chi connectivity index (χ4v) is 6.30. The maximum absolute atomic E-state index is 10.8. The summed E-state index contributed by atoms with van der Waals surface area (Å²) in [6, 6.07) is 39.2. The predicted octanol–water partition coefficient (Wildman–Crippen LogP) is 9.26. The van der Waals surface area contributed by atoms with Crippen molar-refractivity contribution in [1.82, 2.24) is 0 Å². The van der Waals surface area contributed by atoms with Gasteiger partial charge in [-0.3, -0.25) is 4.21 Å². The lowest BCUT2D eigenvalue weighted by molar-refractivity contribution is 0.415. The highest BCUT2D eigenvalue weighted by Gasteiger charge is 2.15. The fraction of sp³-hybridized carbons (Fsp3) is 0.0857. The van der Waals surface area contributed by atoms with Crippen LogP contribution in [0, 0.1) is 10.8 Å². The van der Waals surface area contributed by atoms with Crippen molar-refractivity contribution in [3.05, 3.63) is 155 Å². The van der Waals surface area contributed by atoms with Crippen LogP contribution >= 0.6 is 0 Å². The van der Waals surface area contributed by atoms with Crippen LogP contribution in [-0.4, -0.2) is 27.5 Å². The zero-order valence-electron chi connectivity index (χ0n) is 26.3. The molecule has 0 heterocycles. The van der Waals surface area contributed by atoms with Gasteiger partial charge in [-0.25, -0.2) is 0 Å². The Morgan fingerprint density at radius 3 is 1.42 bits per heavy atom. The molecule has 2 N–H and O–H groups in total. The van der Waals surface area contributed by atoms with Gasteiger partial charge in [-0.1, -0.05) is 73.3 Å². The number of diazo groups is 2. The van der Waals surface area contributed by atoms with E-state index < -0.39 is 18.5 Å². The lowest BCUT2D eigenvalue weighted by Crippen LogP contribution is -2.06. The van der Waals surface area contributed by atoms with Crippen molar-refractivity contribution in [2.24, 2.45) is 0 Å². The van der Waals surface area contributed by atoms with E-state index in [0.717, 1.165) is 28.3 Å². The zero-order valence-corrected chi connectivity index (χ0v) is 27.9. The normalized spacial score (nSPS) is 10.6. The fourth-order valence-electron chi connectivity index (χ4n) is 4.01. The Hall–Kier alpha value is -5.70. The molecule has 0 bridgehead atoms. The molecule has 0 aliphatic carbocycles. The number of rotatable bonds is 9. The summed E-state index contributed by atoms with van der Waals surface area (Å²) in [6.07, 6.45) is 0. The Morgan fingerprint density at radius 2 is 1.08 bits per heavy atom. The summed E-state index contributed by atoms with van der Waals surface area (Å²) >= 11 is 0. The van der Waals surface area contributed by atoms with Crippen LogP contribution in [0.2, 0.25) is 0 Å². The quantitative estimate of drug-likeness (QED) is 0.144. The van der Waals surface area contributed by atoms with Crippen molar-refractivity contribution >= 4 is 52.6 Å². The van der Waals surface area contributed by atoms with E-state index in [1.165, 1.54) is 19.6 Å². The van der Waals surface area contributed by atoms with Crippen LogP contribution in [0.1, 0.15) is 5.56 Å². The highest BCUT2D eigenvalue weighted by atomic mass is 32.9. The summed E-state index contributed by atoms with van der Waals surface area (Å²) < 4.78 is 42.5. The Balaban J connectivity index is 0.000000197. The second-order valence-corrected chi connectivity index (χ2v) is 14.3. The van der Waals surface area contributed by atoms with E-state index in [9.17, 15) is 13.3 Å². The molecule has 0 aromatic heterocycles. The van der Waals surface area contributed by atoms with E-state index in [1.54, 1.807) is 48.5 Å². The van der Waals surface area contributed by atoms with Crippen molar-refractivity contribution in [2.75, 3.05) is 24.9 Å². The van der Waals surface area contributed by atoms with Crippen LogP contribution in [0.3, 0.4) is 0 Å². The molecule has 0 amide bonds. The molecule has 5 aromatic carbocycles. The van der Waals surface area contributed by atoms with Crippen LogP contribution < -0.4 is 20.1 Å². The number of methoxy groups -OCH3 is 2. The first-order valence-corrected chi connectivity index (χ1v) is 17.6. The second kappa shape index (κ2) is 19.1. The average molecular weight is 683 g/mol. The first kappa shape index (κ1) is 36.8. The number of nitrogens with zero attached hydrogens (tertiary/aromatic N) is 4. The van der Waals surface area contributed by atoms with Gasteiger partial charge >= 0.3 is 11.4 Å². The molecular formula is C35H34N6O5S2. The SMILES string of the molecule is C=CS(Cc1ccccc1)=S(=O)([O-])[O-].COc1cc(Nc2ccccc2)ccc1[N+]#N.COc1cc(Nc2ccccc2)ccc1[N+]#N. The maximum atomic E-state index is 10.8. The summed E-state index contributed by atoms with van der Waals surface area (Å²) in [5.41, 5.74) is 5.37. The van der Waals surface area contributed by atoms with Crippen molar-refractivity contribution in [3.8, 4) is 11.5 Å². The van der Waals surface area contributed by atoms with Gasteiger partial charge in [0.2, 0.25) is 22.3 Å². The molecule has 5 rings (SSSR count). The number of hydrogen-bond donors (Lipinski definition) is 2. The first-order valence-electron chi connectivity index (χ1n) is 14.2. The summed E-state index contributed by atoms with van der Waals surface area (Å²) in [4.78, 5) is 6.27. The standard InChI is InChI=1S/2C13H12N3O.C9H12O3S2/c2*1-17-13-9-11(7-8-12(13)16-14)15-10-5-3-2-4-6-10;1-2-13(14(10,11)12)8-9-6-4-3-5-7-9/h2*2-9,15H,1H3;2-7H,1,8H2,(H2,10,11,12)/q2*+1;/p-2. The average Bonchev–Trinajstić information content (AvgIpc) is 3.12. The molecule has 5 aromatic rings. The van der Waals surface area contributed by atoms with Gasteiger partial charge in [0.25, 0.3) is 0 Å². The molecule has 11 nitrogen and oxygen atoms in total. The Labute approximate surface area is 282 Å². The van der Waals surface area contributed by atoms with Gasteiger partial charge < -0.3 is 29.2 Å². The minimum absolute atomic E-state index is 0.218. The van der Waals surface area contributed by atoms with Crippen molar-refractivity contribution in [1.29, 1.82) is 10.8 Å².